The lowest BCUT2D eigenvalue weighted by Crippen LogP contribution is -2.22. The zero-order chi connectivity index (χ0) is 12.4. The summed E-state index contributed by atoms with van der Waals surface area (Å²) >= 11 is 0. The largest absolute Gasteiger partial charge is 0.444 e. The molecule has 0 saturated carbocycles. The van der Waals surface area contributed by atoms with Gasteiger partial charge in [0.1, 0.15) is 11.6 Å². The number of nitrogens with one attached hydrogen (secondary N) is 1. The first kappa shape index (κ1) is 11.4. The van der Waals surface area contributed by atoms with E-state index in [0.29, 0.717) is 0 Å². The average Bonchev–Trinajstić information content (AvgIpc) is 2.79. The van der Waals surface area contributed by atoms with Crippen LogP contribution < -0.4 is 5.32 Å². The Morgan fingerprint density at radius 3 is 3.11 bits per heavy atom. The predicted molar refractivity (Wildman–Crippen MR) is 65.7 cm³/mol. The van der Waals surface area contributed by atoms with Gasteiger partial charge < -0.3 is 9.73 Å². The molecule has 1 aliphatic rings. The van der Waals surface area contributed by atoms with Gasteiger partial charge in [-0.2, -0.15) is 0 Å². The number of hydrogen-bond acceptors (Lipinski definition) is 3. The molecule has 0 unspecified atom stereocenters. The van der Waals surface area contributed by atoms with Gasteiger partial charge in [-0.3, -0.25) is 0 Å². The van der Waals surface area contributed by atoms with Crippen molar-refractivity contribution in [3.63, 3.8) is 0 Å². The van der Waals surface area contributed by atoms with Gasteiger partial charge in [-0.15, -0.1) is 0 Å². The second-order valence-corrected chi connectivity index (χ2v) is 4.53. The molecule has 0 atom stereocenters. The first-order chi connectivity index (χ1) is 8.81. The van der Waals surface area contributed by atoms with E-state index in [2.05, 4.69) is 10.3 Å². The third-order valence-corrected chi connectivity index (χ3v) is 3.16. The van der Waals surface area contributed by atoms with Crippen LogP contribution in [0.15, 0.2) is 28.7 Å². The molecule has 1 aliphatic heterocycles. The lowest BCUT2D eigenvalue weighted by atomic mass is 10.1. The minimum absolute atomic E-state index is 0.191. The highest BCUT2D eigenvalue weighted by Crippen LogP contribution is 2.16. The van der Waals surface area contributed by atoms with Crippen LogP contribution in [0.1, 0.15) is 22.9 Å². The number of benzene rings is 1. The maximum absolute atomic E-state index is 13.0. The second-order valence-electron chi connectivity index (χ2n) is 4.53. The maximum atomic E-state index is 13.0. The normalized spacial score (nSPS) is 14.5. The fraction of sp³-hybridized carbons (Fsp3) is 0.357. The van der Waals surface area contributed by atoms with Crippen molar-refractivity contribution in [1.29, 1.82) is 0 Å². The lowest BCUT2D eigenvalue weighted by Gasteiger charge is -2.08. The van der Waals surface area contributed by atoms with Crippen molar-refractivity contribution in [3.8, 4) is 0 Å². The lowest BCUT2D eigenvalue weighted by molar-refractivity contribution is 0.428. The van der Waals surface area contributed by atoms with Crippen LogP contribution in [-0.4, -0.2) is 11.5 Å². The summed E-state index contributed by atoms with van der Waals surface area (Å²) in [6, 6.07) is 6.67. The van der Waals surface area contributed by atoms with E-state index in [1.54, 1.807) is 12.1 Å². The fourth-order valence-corrected chi connectivity index (χ4v) is 2.23. The second kappa shape index (κ2) is 4.90. The highest BCUT2D eigenvalue weighted by molar-refractivity contribution is 5.18. The van der Waals surface area contributed by atoms with Gasteiger partial charge in [-0.05, 0) is 24.1 Å². The van der Waals surface area contributed by atoms with Crippen LogP contribution in [0.25, 0.3) is 0 Å². The maximum Gasteiger partial charge on any atom is 0.195 e. The van der Waals surface area contributed by atoms with Crippen molar-refractivity contribution < 1.29 is 8.81 Å². The summed E-state index contributed by atoms with van der Waals surface area (Å²) in [5, 5.41) is 3.25. The van der Waals surface area contributed by atoms with E-state index in [-0.39, 0.29) is 5.82 Å². The average molecular weight is 246 g/mol. The molecule has 1 N–H and O–H groups in total. The van der Waals surface area contributed by atoms with E-state index in [1.807, 2.05) is 6.07 Å². The molecular formula is C14H15FN2O. The van der Waals surface area contributed by atoms with Crippen molar-refractivity contribution in [2.24, 2.45) is 0 Å². The number of rotatable bonds is 3. The zero-order valence-corrected chi connectivity index (χ0v) is 10.1. The quantitative estimate of drug-likeness (QED) is 0.902. The minimum atomic E-state index is -0.191. The Labute approximate surface area is 105 Å². The number of nitrogens with zero attached hydrogens (tertiary/aromatic N) is 1. The van der Waals surface area contributed by atoms with Gasteiger partial charge >= 0.3 is 0 Å². The minimum Gasteiger partial charge on any atom is -0.444 e. The standard InChI is InChI=1S/C14H15FN2O/c15-11-3-1-2-10(8-11)4-5-14-17-12-6-7-16-9-13(12)18-14/h1-3,8,16H,4-7,9H2. The molecule has 3 rings (SSSR count). The molecule has 4 heteroatoms. The Kier molecular flexibility index (Phi) is 3.11. The molecule has 3 nitrogen and oxygen atoms in total. The Hall–Kier alpha value is -1.68. The topological polar surface area (TPSA) is 38.1 Å². The van der Waals surface area contributed by atoms with E-state index < -0.39 is 0 Å². The number of aromatic nitrogens is 1. The number of aryl methyl sites for hydroxylation is 2. The van der Waals surface area contributed by atoms with Gasteiger partial charge in [0.2, 0.25) is 0 Å². The molecule has 2 aromatic rings. The Morgan fingerprint density at radius 2 is 2.28 bits per heavy atom. The predicted octanol–water partition coefficient (Wildman–Crippen LogP) is 2.24. The molecule has 1 aromatic heterocycles. The molecule has 2 heterocycles. The van der Waals surface area contributed by atoms with Gasteiger partial charge in [0, 0.05) is 19.4 Å². The summed E-state index contributed by atoms with van der Waals surface area (Å²) in [5.41, 5.74) is 2.05. The number of fused-ring (bicyclic) bond motifs is 1. The van der Waals surface area contributed by atoms with Crippen molar-refractivity contribution in [2.75, 3.05) is 6.54 Å². The molecule has 1 aromatic carbocycles. The van der Waals surface area contributed by atoms with Crippen molar-refractivity contribution in [2.45, 2.75) is 25.8 Å². The van der Waals surface area contributed by atoms with Gasteiger partial charge in [-0.25, -0.2) is 9.37 Å². The SMILES string of the molecule is Fc1cccc(CCc2nc3c(o2)CNCC3)c1. The van der Waals surface area contributed by atoms with Crippen LogP contribution in [0, 0.1) is 5.82 Å². The molecule has 94 valence electrons. The van der Waals surface area contributed by atoms with Crippen LogP contribution >= 0.6 is 0 Å². The van der Waals surface area contributed by atoms with E-state index in [9.17, 15) is 4.39 Å². The molecular weight excluding hydrogens is 231 g/mol. The molecule has 0 spiro atoms. The summed E-state index contributed by atoms with van der Waals surface area (Å²) < 4.78 is 18.7. The van der Waals surface area contributed by atoms with Crippen LogP contribution in [0.4, 0.5) is 4.39 Å². The van der Waals surface area contributed by atoms with Crippen molar-refractivity contribution in [1.82, 2.24) is 10.3 Å². The van der Waals surface area contributed by atoms with Crippen LogP contribution in [0.3, 0.4) is 0 Å². The Bertz CT molecular complexity index is 527. The van der Waals surface area contributed by atoms with E-state index in [1.165, 1.54) is 6.07 Å². The first-order valence-corrected chi connectivity index (χ1v) is 6.24. The van der Waals surface area contributed by atoms with Crippen molar-refractivity contribution in [3.05, 3.63) is 53.0 Å². The molecule has 0 fully saturated rings. The van der Waals surface area contributed by atoms with E-state index in [0.717, 1.165) is 55.3 Å². The summed E-state index contributed by atoms with van der Waals surface area (Å²) in [6.45, 7) is 1.73. The third-order valence-electron chi connectivity index (χ3n) is 3.16. The molecule has 0 amide bonds. The van der Waals surface area contributed by atoms with Gasteiger partial charge in [0.25, 0.3) is 0 Å². The Balaban J connectivity index is 1.68. The number of oxazole rings is 1. The Morgan fingerprint density at radius 1 is 1.33 bits per heavy atom. The van der Waals surface area contributed by atoms with Gasteiger partial charge in [0.15, 0.2) is 5.89 Å². The molecule has 0 saturated heterocycles. The van der Waals surface area contributed by atoms with Gasteiger partial charge in [0.05, 0.1) is 12.2 Å². The fourth-order valence-electron chi connectivity index (χ4n) is 2.23. The number of halogens is 1. The molecule has 0 aliphatic carbocycles. The molecule has 0 bridgehead atoms. The molecule has 18 heavy (non-hydrogen) atoms. The number of hydrogen-bond donors (Lipinski definition) is 1. The van der Waals surface area contributed by atoms with Gasteiger partial charge in [-0.1, -0.05) is 12.1 Å². The van der Waals surface area contributed by atoms with Crippen LogP contribution in [-0.2, 0) is 25.8 Å². The van der Waals surface area contributed by atoms with Crippen LogP contribution in [0.5, 0.6) is 0 Å². The highest BCUT2D eigenvalue weighted by Gasteiger charge is 2.16. The summed E-state index contributed by atoms with van der Waals surface area (Å²) in [6.07, 6.45) is 2.40. The van der Waals surface area contributed by atoms with Crippen LogP contribution in [0.2, 0.25) is 0 Å². The van der Waals surface area contributed by atoms with E-state index >= 15 is 0 Å². The molecule has 0 radical (unpaired) electrons. The third kappa shape index (κ3) is 2.43. The smallest absolute Gasteiger partial charge is 0.195 e. The zero-order valence-electron chi connectivity index (χ0n) is 10.1. The first-order valence-electron chi connectivity index (χ1n) is 6.24. The van der Waals surface area contributed by atoms with Crippen molar-refractivity contribution >= 4 is 0 Å². The van der Waals surface area contributed by atoms with E-state index in [4.69, 9.17) is 4.42 Å². The summed E-state index contributed by atoms with van der Waals surface area (Å²) in [5.74, 6) is 1.52. The highest BCUT2D eigenvalue weighted by atomic mass is 19.1. The monoisotopic (exact) mass is 246 g/mol. The summed E-state index contributed by atoms with van der Waals surface area (Å²) in [7, 11) is 0. The summed E-state index contributed by atoms with van der Waals surface area (Å²) in [4.78, 5) is 4.49.